The predicted octanol–water partition coefficient (Wildman–Crippen LogP) is 2.70. The van der Waals surface area contributed by atoms with E-state index in [1.165, 1.54) is 7.11 Å². The molecule has 19 heavy (non-hydrogen) atoms. The summed E-state index contributed by atoms with van der Waals surface area (Å²) in [5.41, 5.74) is 0.506. The van der Waals surface area contributed by atoms with E-state index < -0.39 is 0 Å². The minimum Gasteiger partial charge on any atom is -0.493 e. The number of methoxy groups -OCH3 is 1. The summed E-state index contributed by atoms with van der Waals surface area (Å²) in [6.07, 6.45) is 4.23. The Morgan fingerprint density at radius 1 is 1.37 bits per heavy atom. The molecule has 1 aliphatic carbocycles. The summed E-state index contributed by atoms with van der Waals surface area (Å²) in [6.45, 7) is 0.0763. The lowest BCUT2D eigenvalue weighted by molar-refractivity contribution is -0.124. The van der Waals surface area contributed by atoms with Crippen LogP contribution in [0.25, 0.3) is 0 Å². The van der Waals surface area contributed by atoms with Crippen molar-refractivity contribution in [1.29, 1.82) is 5.26 Å². The summed E-state index contributed by atoms with van der Waals surface area (Å²) in [5, 5.41) is 8.81. The molecule has 1 saturated carbocycles. The average Bonchev–Trinajstić information content (AvgIpc) is 2.98. The molecule has 1 aliphatic rings. The van der Waals surface area contributed by atoms with Gasteiger partial charge in [-0.15, -0.1) is 0 Å². The zero-order valence-electron chi connectivity index (χ0n) is 11.0. The lowest BCUT2D eigenvalue weighted by Gasteiger charge is -2.12. The number of ether oxygens (including phenoxy) is 2. The Hall–Kier alpha value is -2.02. The molecular weight excluding hydrogens is 242 g/mol. The van der Waals surface area contributed by atoms with E-state index in [0.29, 0.717) is 17.1 Å². The Bertz CT molecular complexity index is 499. The number of carbonyl (C=O) groups is 1. The summed E-state index contributed by atoms with van der Waals surface area (Å²) >= 11 is 0. The van der Waals surface area contributed by atoms with Gasteiger partial charge in [0, 0.05) is 12.0 Å². The van der Waals surface area contributed by atoms with E-state index in [1.807, 2.05) is 6.07 Å². The van der Waals surface area contributed by atoms with Crippen molar-refractivity contribution in [1.82, 2.24) is 0 Å². The zero-order valence-corrected chi connectivity index (χ0v) is 11.0. The van der Waals surface area contributed by atoms with Crippen LogP contribution in [0.15, 0.2) is 18.2 Å². The highest BCUT2D eigenvalue weighted by Crippen LogP contribution is 2.29. The molecule has 0 unspecified atom stereocenters. The largest absolute Gasteiger partial charge is 0.493 e. The third kappa shape index (κ3) is 3.25. The van der Waals surface area contributed by atoms with Crippen LogP contribution in [0.2, 0.25) is 0 Å². The zero-order chi connectivity index (χ0) is 13.7. The maximum Gasteiger partial charge on any atom is 0.173 e. The number of ketones is 1. The molecule has 4 nitrogen and oxygen atoms in total. The lowest BCUT2D eigenvalue weighted by Crippen LogP contribution is -2.19. The summed E-state index contributed by atoms with van der Waals surface area (Å²) < 4.78 is 10.7. The van der Waals surface area contributed by atoms with E-state index in [2.05, 4.69) is 0 Å². The molecule has 0 N–H and O–H groups in total. The van der Waals surface area contributed by atoms with Gasteiger partial charge in [-0.1, -0.05) is 12.8 Å². The minimum absolute atomic E-state index is 0.0763. The molecule has 1 aromatic rings. The van der Waals surface area contributed by atoms with Crippen molar-refractivity contribution >= 4 is 5.78 Å². The smallest absolute Gasteiger partial charge is 0.173 e. The Morgan fingerprint density at radius 2 is 2.11 bits per heavy atom. The standard InChI is InChI=1S/C15H17NO3/c1-18-15-8-11(9-16)6-7-14(15)19-10-13(17)12-4-2-3-5-12/h6-8,12H,2-5,10H2,1H3. The first-order valence-electron chi connectivity index (χ1n) is 6.48. The van der Waals surface area contributed by atoms with Gasteiger partial charge in [-0.3, -0.25) is 4.79 Å². The van der Waals surface area contributed by atoms with Crippen LogP contribution in [0.5, 0.6) is 11.5 Å². The summed E-state index contributed by atoms with van der Waals surface area (Å²) in [5.74, 6) is 1.31. The van der Waals surface area contributed by atoms with Gasteiger partial charge in [0.15, 0.2) is 17.3 Å². The molecule has 4 heteroatoms. The van der Waals surface area contributed by atoms with Crippen molar-refractivity contribution in [2.45, 2.75) is 25.7 Å². The van der Waals surface area contributed by atoms with Crippen LogP contribution in [-0.4, -0.2) is 19.5 Å². The Kier molecular flexibility index (Phi) is 4.40. The van der Waals surface area contributed by atoms with Crippen molar-refractivity contribution in [2.24, 2.45) is 5.92 Å². The molecule has 2 rings (SSSR count). The summed E-state index contributed by atoms with van der Waals surface area (Å²) in [6, 6.07) is 6.96. The normalized spacial score (nSPS) is 14.9. The van der Waals surface area contributed by atoms with E-state index >= 15 is 0 Å². The fourth-order valence-electron chi connectivity index (χ4n) is 2.37. The second-order valence-corrected chi connectivity index (χ2v) is 4.71. The second-order valence-electron chi connectivity index (χ2n) is 4.71. The number of hydrogen-bond acceptors (Lipinski definition) is 4. The van der Waals surface area contributed by atoms with Crippen molar-refractivity contribution < 1.29 is 14.3 Å². The van der Waals surface area contributed by atoms with Crippen LogP contribution in [0.1, 0.15) is 31.2 Å². The first-order chi connectivity index (χ1) is 9.24. The Labute approximate surface area is 112 Å². The van der Waals surface area contributed by atoms with Crippen LogP contribution in [0.3, 0.4) is 0 Å². The lowest BCUT2D eigenvalue weighted by atomic mass is 10.0. The predicted molar refractivity (Wildman–Crippen MR) is 70.2 cm³/mol. The van der Waals surface area contributed by atoms with E-state index in [9.17, 15) is 4.79 Å². The molecule has 0 saturated heterocycles. The quantitative estimate of drug-likeness (QED) is 0.815. The second kappa shape index (κ2) is 6.24. The summed E-state index contributed by atoms with van der Waals surface area (Å²) in [7, 11) is 1.52. The van der Waals surface area contributed by atoms with Crippen molar-refractivity contribution in [3.05, 3.63) is 23.8 Å². The number of carbonyl (C=O) groups excluding carboxylic acids is 1. The molecule has 0 amide bonds. The van der Waals surface area contributed by atoms with Gasteiger partial charge in [0.2, 0.25) is 0 Å². The number of nitriles is 1. The van der Waals surface area contributed by atoms with Gasteiger partial charge < -0.3 is 9.47 Å². The summed E-state index contributed by atoms with van der Waals surface area (Å²) in [4.78, 5) is 11.9. The number of Topliss-reactive ketones (excluding diaryl/α,β-unsaturated/α-hetero) is 1. The molecule has 0 bridgehead atoms. The van der Waals surface area contributed by atoms with Gasteiger partial charge in [-0.2, -0.15) is 5.26 Å². The molecule has 0 heterocycles. The first-order valence-corrected chi connectivity index (χ1v) is 6.48. The van der Waals surface area contributed by atoms with Crippen LogP contribution < -0.4 is 9.47 Å². The van der Waals surface area contributed by atoms with E-state index in [1.54, 1.807) is 18.2 Å². The van der Waals surface area contributed by atoms with E-state index in [4.69, 9.17) is 14.7 Å². The molecule has 0 aromatic heterocycles. The Morgan fingerprint density at radius 3 is 2.74 bits per heavy atom. The Balaban J connectivity index is 1.99. The van der Waals surface area contributed by atoms with Gasteiger partial charge in [-0.05, 0) is 25.0 Å². The maximum atomic E-state index is 11.9. The molecular formula is C15H17NO3. The van der Waals surface area contributed by atoms with Crippen LogP contribution >= 0.6 is 0 Å². The number of hydrogen-bond donors (Lipinski definition) is 0. The molecule has 0 aliphatic heterocycles. The maximum absolute atomic E-state index is 11.9. The molecule has 0 spiro atoms. The monoisotopic (exact) mass is 259 g/mol. The van der Waals surface area contributed by atoms with Gasteiger partial charge in [0.25, 0.3) is 0 Å². The highest BCUT2D eigenvalue weighted by molar-refractivity contribution is 5.82. The number of benzene rings is 1. The SMILES string of the molecule is COc1cc(C#N)ccc1OCC(=O)C1CCCC1. The first kappa shape index (κ1) is 13.4. The highest BCUT2D eigenvalue weighted by atomic mass is 16.5. The van der Waals surface area contributed by atoms with Crippen LogP contribution in [-0.2, 0) is 4.79 Å². The number of rotatable bonds is 5. The highest BCUT2D eigenvalue weighted by Gasteiger charge is 2.23. The van der Waals surface area contributed by atoms with E-state index in [-0.39, 0.29) is 18.3 Å². The fourth-order valence-corrected chi connectivity index (χ4v) is 2.37. The van der Waals surface area contributed by atoms with Crippen LogP contribution in [0, 0.1) is 17.2 Å². The fraction of sp³-hybridized carbons (Fsp3) is 0.467. The number of nitrogens with zero attached hydrogens (tertiary/aromatic N) is 1. The average molecular weight is 259 g/mol. The van der Waals surface area contributed by atoms with Gasteiger partial charge in [0.05, 0.1) is 18.7 Å². The van der Waals surface area contributed by atoms with Crippen molar-refractivity contribution in [3.63, 3.8) is 0 Å². The van der Waals surface area contributed by atoms with Crippen molar-refractivity contribution in [2.75, 3.05) is 13.7 Å². The van der Waals surface area contributed by atoms with Crippen molar-refractivity contribution in [3.8, 4) is 17.6 Å². The molecule has 100 valence electrons. The molecule has 0 radical (unpaired) electrons. The third-order valence-corrected chi connectivity index (χ3v) is 3.47. The van der Waals surface area contributed by atoms with Gasteiger partial charge >= 0.3 is 0 Å². The molecule has 1 fully saturated rings. The van der Waals surface area contributed by atoms with Gasteiger partial charge in [-0.25, -0.2) is 0 Å². The van der Waals surface area contributed by atoms with E-state index in [0.717, 1.165) is 25.7 Å². The molecule has 1 aromatic carbocycles. The van der Waals surface area contributed by atoms with Crippen LogP contribution in [0.4, 0.5) is 0 Å². The topological polar surface area (TPSA) is 59.3 Å². The van der Waals surface area contributed by atoms with Gasteiger partial charge in [0.1, 0.15) is 6.61 Å². The molecule has 0 atom stereocenters. The minimum atomic E-state index is 0.0763. The third-order valence-electron chi connectivity index (χ3n) is 3.47.